The Morgan fingerprint density at radius 2 is 1.69 bits per heavy atom. The van der Waals surface area contributed by atoms with Gasteiger partial charge in [-0.3, -0.25) is 9.59 Å². The average Bonchev–Trinajstić information content (AvgIpc) is 2.77. The molecule has 0 radical (unpaired) electrons. The zero-order chi connectivity index (χ0) is 23.5. The topological polar surface area (TPSA) is 107 Å². The predicted molar refractivity (Wildman–Crippen MR) is 121 cm³/mol. The highest BCUT2D eigenvalue weighted by Gasteiger charge is 2.37. The van der Waals surface area contributed by atoms with Gasteiger partial charge < -0.3 is 20.4 Å². The minimum atomic E-state index is -1.14. The fraction of sp³-hybridized carbons (Fsp3) is 0.292. The number of piperidine rings is 1. The van der Waals surface area contributed by atoms with Gasteiger partial charge in [-0.2, -0.15) is 0 Å². The third kappa shape index (κ3) is 5.18. The van der Waals surface area contributed by atoms with E-state index in [0.29, 0.717) is 36.5 Å². The number of carboxylic acids is 1. The van der Waals surface area contributed by atoms with E-state index >= 15 is 0 Å². The van der Waals surface area contributed by atoms with Crippen molar-refractivity contribution in [3.8, 4) is 0 Å². The maximum Gasteiger partial charge on any atom is 0.335 e. The molecule has 2 amide bonds. The summed E-state index contributed by atoms with van der Waals surface area (Å²) in [5.74, 6) is -2.03. The third-order valence-electron chi connectivity index (χ3n) is 5.67. The first-order chi connectivity index (χ1) is 15.1. The van der Waals surface area contributed by atoms with Gasteiger partial charge in [0.2, 0.25) is 5.91 Å². The van der Waals surface area contributed by atoms with Gasteiger partial charge in [0.05, 0.1) is 11.2 Å². The molecule has 32 heavy (non-hydrogen) atoms. The molecule has 0 spiro atoms. The number of amides is 2. The van der Waals surface area contributed by atoms with Crippen molar-refractivity contribution in [2.45, 2.75) is 31.4 Å². The fourth-order valence-electron chi connectivity index (χ4n) is 3.73. The molecule has 1 atom stereocenters. The fourth-order valence-corrected chi connectivity index (χ4v) is 3.86. The number of nitrogens with one attached hydrogen (secondary N) is 1. The second-order valence-electron chi connectivity index (χ2n) is 8.00. The Labute approximate surface area is 191 Å². The smallest absolute Gasteiger partial charge is 0.335 e. The van der Waals surface area contributed by atoms with E-state index in [1.807, 2.05) is 0 Å². The van der Waals surface area contributed by atoms with Crippen LogP contribution in [0.4, 0.5) is 0 Å². The number of aliphatic hydroxyl groups is 1. The molecule has 3 N–H and O–H groups in total. The molecule has 8 heteroatoms. The number of rotatable bonds is 6. The predicted octanol–water partition coefficient (Wildman–Crippen LogP) is 3.22. The summed E-state index contributed by atoms with van der Waals surface area (Å²) in [6, 6.07) is 11.6. The van der Waals surface area contributed by atoms with Crippen molar-refractivity contribution in [3.63, 3.8) is 0 Å². The van der Waals surface area contributed by atoms with Crippen molar-refractivity contribution >= 4 is 29.4 Å². The third-order valence-corrected chi connectivity index (χ3v) is 5.92. The largest absolute Gasteiger partial charge is 0.478 e. The maximum atomic E-state index is 13.1. The molecule has 0 bridgehead atoms. The number of benzene rings is 2. The number of carbonyl (C=O) groups is 3. The molecule has 2 aromatic carbocycles. The van der Waals surface area contributed by atoms with Crippen LogP contribution in [0.3, 0.4) is 0 Å². The van der Waals surface area contributed by atoms with Crippen molar-refractivity contribution in [1.82, 2.24) is 10.2 Å². The molecule has 168 valence electrons. The van der Waals surface area contributed by atoms with Gasteiger partial charge in [0.15, 0.2) is 0 Å². The summed E-state index contributed by atoms with van der Waals surface area (Å²) >= 11 is 5.93. The van der Waals surface area contributed by atoms with Gasteiger partial charge in [-0.05, 0) is 61.2 Å². The summed E-state index contributed by atoms with van der Waals surface area (Å²) in [6.07, 6.45) is 0.690. The number of carbonyl (C=O) groups excluding carboxylic acids is 2. The Kier molecular flexibility index (Phi) is 7.01. The van der Waals surface area contributed by atoms with Crippen LogP contribution in [0.5, 0.6) is 0 Å². The lowest BCUT2D eigenvalue weighted by Gasteiger charge is -2.39. The van der Waals surface area contributed by atoms with Crippen LogP contribution >= 0.6 is 11.6 Å². The van der Waals surface area contributed by atoms with Crippen molar-refractivity contribution in [3.05, 3.63) is 82.4 Å². The van der Waals surface area contributed by atoms with Gasteiger partial charge >= 0.3 is 5.97 Å². The van der Waals surface area contributed by atoms with Gasteiger partial charge in [-0.25, -0.2) is 4.79 Å². The van der Waals surface area contributed by atoms with Crippen LogP contribution in [0, 0.1) is 0 Å². The van der Waals surface area contributed by atoms with Crippen LogP contribution in [-0.2, 0) is 10.4 Å². The second kappa shape index (κ2) is 9.54. The number of aromatic carboxylic acids is 1. The number of hydrogen-bond donors (Lipinski definition) is 3. The van der Waals surface area contributed by atoms with E-state index in [-0.39, 0.29) is 17.0 Å². The normalized spacial score (nSPS) is 16.2. The van der Waals surface area contributed by atoms with Gasteiger partial charge in [0.1, 0.15) is 6.04 Å². The lowest BCUT2D eigenvalue weighted by Crippen LogP contribution is -2.53. The van der Waals surface area contributed by atoms with Crippen LogP contribution in [0.2, 0.25) is 5.02 Å². The maximum absolute atomic E-state index is 13.1. The molecule has 2 aromatic rings. The second-order valence-corrected chi connectivity index (χ2v) is 8.44. The Morgan fingerprint density at radius 3 is 2.25 bits per heavy atom. The number of nitrogens with zero attached hydrogens (tertiary/aromatic N) is 1. The van der Waals surface area contributed by atoms with Crippen molar-refractivity contribution in [1.29, 1.82) is 0 Å². The highest BCUT2D eigenvalue weighted by molar-refractivity contribution is 6.30. The average molecular weight is 457 g/mol. The lowest BCUT2D eigenvalue weighted by molar-refractivity contribution is -0.136. The van der Waals surface area contributed by atoms with E-state index in [1.165, 1.54) is 24.3 Å². The quantitative estimate of drug-likeness (QED) is 0.578. The molecule has 1 aliphatic heterocycles. The first kappa shape index (κ1) is 23.5. The molecule has 0 saturated carbocycles. The van der Waals surface area contributed by atoms with Crippen molar-refractivity contribution < 1.29 is 24.6 Å². The summed E-state index contributed by atoms with van der Waals surface area (Å²) in [5, 5.41) is 23.4. The lowest BCUT2D eigenvalue weighted by atomic mass is 9.84. The van der Waals surface area contributed by atoms with E-state index in [9.17, 15) is 19.5 Å². The van der Waals surface area contributed by atoms with E-state index in [2.05, 4.69) is 11.9 Å². The molecular weight excluding hydrogens is 432 g/mol. The minimum absolute atomic E-state index is 0.0200. The molecule has 1 saturated heterocycles. The summed E-state index contributed by atoms with van der Waals surface area (Å²) in [6.45, 7) is 6.10. The van der Waals surface area contributed by atoms with Crippen molar-refractivity contribution in [2.75, 3.05) is 13.1 Å². The van der Waals surface area contributed by atoms with Crippen molar-refractivity contribution in [2.24, 2.45) is 0 Å². The molecule has 7 nitrogen and oxygen atoms in total. The number of halogens is 1. The molecule has 0 unspecified atom stereocenters. The number of carboxylic acid groups (broad SMARTS) is 1. The van der Waals surface area contributed by atoms with Gasteiger partial charge in [0.25, 0.3) is 5.91 Å². The summed E-state index contributed by atoms with van der Waals surface area (Å²) in [4.78, 5) is 38.6. The Balaban J connectivity index is 1.69. The van der Waals surface area contributed by atoms with E-state index in [0.717, 1.165) is 5.56 Å². The molecular formula is C24H25ClN2O5. The van der Waals surface area contributed by atoms with Crippen LogP contribution in [0.1, 0.15) is 46.0 Å². The van der Waals surface area contributed by atoms with E-state index in [1.54, 1.807) is 36.1 Å². The Bertz CT molecular complexity index is 1040. The number of likely N-dealkylation sites (tertiary alicyclic amines) is 1. The minimum Gasteiger partial charge on any atom is -0.478 e. The van der Waals surface area contributed by atoms with Crippen LogP contribution < -0.4 is 5.32 Å². The summed E-state index contributed by atoms with van der Waals surface area (Å²) < 4.78 is 0. The highest BCUT2D eigenvalue weighted by Crippen LogP contribution is 2.33. The molecule has 0 aliphatic carbocycles. The Morgan fingerprint density at radius 1 is 1.09 bits per heavy atom. The first-order valence-corrected chi connectivity index (χ1v) is 10.6. The molecule has 0 aromatic heterocycles. The first-order valence-electron chi connectivity index (χ1n) is 10.2. The zero-order valence-corrected chi connectivity index (χ0v) is 18.4. The standard InChI is InChI=1S/C24H25ClN2O5/c1-15(2)20(26-21(28)16-4-3-5-17(14-16)23(30)31)22(29)27-12-10-24(32,11-13-27)18-6-8-19(25)9-7-18/h3-9,14,20,32H,1,10-13H2,2H3,(H,26,28)(H,30,31)/t20-/m1/s1. The monoisotopic (exact) mass is 456 g/mol. The number of hydrogen-bond acceptors (Lipinski definition) is 4. The zero-order valence-electron chi connectivity index (χ0n) is 17.7. The van der Waals surface area contributed by atoms with Crippen LogP contribution in [0.25, 0.3) is 0 Å². The summed E-state index contributed by atoms with van der Waals surface area (Å²) in [5.41, 5.74) is 0.266. The molecule has 1 aliphatic rings. The van der Waals surface area contributed by atoms with Gasteiger partial charge in [0, 0.05) is 23.7 Å². The molecule has 1 fully saturated rings. The molecule has 3 rings (SSSR count). The Hall–Kier alpha value is -3.16. The van der Waals surface area contributed by atoms with E-state index in [4.69, 9.17) is 16.7 Å². The van der Waals surface area contributed by atoms with Gasteiger partial charge in [-0.15, -0.1) is 0 Å². The van der Waals surface area contributed by atoms with E-state index < -0.39 is 23.5 Å². The highest BCUT2D eigenvalue weighted by atomic mass is 35.5. The van der Waals surface area contributed by atoms with Crippen LogP contribution in [-0.4, -0.2) is 52.0 Å². The van der Waals surface area contributed by atoms with Crippen LogP contribution in [0.15, 0.2) is 60.7 Å². The van der Waals surface area contributed by atoms with Gasteiger partial charge in [-0.1, -0.05) is 36.4 Å². The molecule has 1 heterocycles. The SMILES string of the molecule is C=C(C)[C@@H](NC(=O)c1cccc(C(=O)O)c1)C(=O)N1CCC(O)(c2ccc(Cl)cc2)CC1. The summed E-state index contributed by atoms with van der Waals surface area (Å²) in [7, 11) is 0.